The van der Waals surface area contributed by atoms with Gasteiger partial charge in [-0.3, -0.25) is 0 Å². The summed E-state index contributed by atoms with van der Waals surface area (Å²) in [6.45, 7) is 0. The Morgan fingerprint density at radius 1 is 1.12 bits per heavy atom. The summed E-state index contributed by atoms with van der Waals surface area (Å²) in [5.41, 5.74) is -1.15. The molecule has 1 unspecified atom stereocenters. The van der Waals surface area contributed by atoms with E-state index >= 15 is 0 Å². The van der Waals surface area contributed by atoms with Gasteiger partial charge in [0.2, 0.25) is 0 Å². The summed E-state index contributed by atoms with van der Waals surface area (Å²) in [5, 5.41) is 17.2. The van der Waals surface area contributed by atoms with Gasteiger partial charge in [-0.15, -0.1) is 0 Å². The van der Waals surface area contributed by atoms with Crippen LogP contribution in [0, 0.1) is 23.3 Å². The van der Waals surface area contributed by atoms with Crippen LogP contribution < -0.4 is 0 Å². The number of aliphatic hydroxyl groups excluding tert-OH is 1. The number of carboxylic acids is 1. The summed E-state index contributed by atoms with van der Waals surface area (Å²) in [6.07, 6.45) is -3.23. The lowest BCUT2D eigenvalue weighted by molar-refractivity contribution is -0.146. The van der Waals surface area contributed by atoms with Gasteiger partial charge in [-0.2, -0.15) is 0 Å². The molecule has 0 amide bonds. The number of hydrogen-bond acceptors (Lipinski definition) is 2. The smallest absolute Gasteiger partial charge is 0.332 e. The van der Waals surface area contributed by atoms with Crippen molar-refractivity contribution in [3.05, 3.63) is 33.3 Å². The lowest BCUT2D eigenvalue weighted by Gasteiger charge is -2.10. The summed E-state index contributed by atoms with van der Waals surface area (Å²) >= 11 is 2.30. The molecular weight excluding hydrogens is 312 g/mol. The second-order valence-electron chi connectivity index (χ2n) is 3.11. The van der Waals surface area contributed by atoms with Crippen LogP contribution in [0.15, 0.2) is 4.47 Å². The highest BCUT2D eigenvalue weighted by molar-refractivity contribution is 9.10. The Labute approximate surface area is 101 Å². The van der Waals surface area contributed by atoms with Gasteiger partial charge in [0.15, 0.2) is 29.4 Å². The predicted octanol–water partition coefficient (Wildman–Crippen LogP) is 1.99. The van der Waals surface area contributed by atoms with Gasteiger partial charge >= 0.3 is 5.97 Å². The highest BCUT2D eigenvalue weighted by Gasteiger charge is 2.27. The zero-order valence-electron chi connectivity index (χ0n) is 7.98. The number of aliphatic hydroxyl groups is 1. The maximum Gasteiger partial charge on any atom is 0.332 e. The third-order valence-corrected chi connectivity index (χ3v) is 2.68. The first-order chi connectivity index (χ1) is 7.77. The Hall–Kier alpha value is -1.15. The maximum absolute atomic E-state index is 13.2. The van der Waals surface area contributed by atoms with Crippen LogP contribution in [-0.2, 0) is 11.2 Å². The van der Waals surface area contributed by atoms with E-state index in [0.29, 0.717) is 0 Å². The Balaban J connectivity index is 3.30. The van der Waals surface area contributed by atoms with Gasteiger partial charge in [0.1, 0.15) is 0 Å². The van der Waals surface area contributed by atoms with Crippen molar-refractivity contribution in [1.82, 2.24) is 0 Å². The predicted molar refractivity (Wildman–Crippen MR) is 51.3 cm³/mol. The molecule has 8 heteroatoms. The van der Waals surface area contributed by atoms with Gasteiger partial charge in [0, 0.05) is 12.0 Å². The normalized spacial score (nSPS) is 12.6. The second kappa shape index (κ2) is 5.01. The van der Waals surface area contributed by atoms with E-state index in [1.807, 2.05) is 0 Å². The van der Waals surface area contributed by atoms with Crippen molar-refractivity contribution in [2.75, 3.05) is 0 Å². The van der Waals surface area contributed by atoms with Crippen molar-refractivity contribution in [3.8, 4) is 0 Å². The van der Waals surface area contributed by atoms with Gasteiger partial charge in [-0.25, -0.2) is 22.4 Å². The summed E-state index contributed by atoms with van der Waals surface area (Å²) < 4.78 is 51.4. The minimum atomic E-state index is -2.15. The molecule has 0 heterocycles. The first-order valence-electron chi connectivity index (χ1n) is 4.18. The summed E-state index contributed by atoms with van der Waals surface area (Å²) in [4.78, 5) is 10.3. The fourth-order valence-corrected chi connectivity index (χ4v) is 1.46. The van der Waals surface area contributed by atoms with Gasteiger partial charge in [0.25, 0.3) is 0 Å². The van der Waals surface area contributed by atoms with Gasteiger partial charge < -0.3 is 10.2 Å². The molecule has 0 saturated heterocycles. The second-order valence-corrected chi connectivity index (χ2v) is 3.90. The number of carboxylic acid groups (broad SMARTS) is 1. The summed E-state index contributed by atoms with van der Waals surface area (Å²) in [7, 11) is 0. The number of halogens is 5. The average Bonchev–Trinajstić information content (AvgIpc) is 2.29. The van der Waals surface area contributed by atoms with Crippen molar-refractivity contribution in [3.63, 3.8) is 0 Å². The zero-order valence-corrected chi connectivity index (χ0v) is 9.56. The first-order valence-corrected chi connectivity index (χ1v) is 4.97. The highest BCUT2D eigenvalue weighted by Crippen LogP contribution is 2.28. The molecule has 1 aromatic rings. The molecule has 94 valence electrons. The highest BCUT2D eigenvalue weighted by atomic mass is 79.9. The van der Waals surface area contributed by atoms with Crippen LogP contribution in [0.2, 0.25) is 0 Å². The van der Waals surface area contributed by atoms with Gasteiger partial charge in [0.05, 0.1) is 4.47 Å². The Bertz CT molecular complexity index is 449. The fourth-order valence-electron chi connectivity index (χ4n) is 1.11. The molecule has 0 radical (unpaired) electrons. The number of hydrogen-bond donors (Lipinski definition) is 2. The zero-order chi connectivity index (χ0) is 13.3. The molecule has 17 heavy (non-hydrogen) atoms. The van der Waals surface area contributed by atoms with Crippen molar-refractivity contribution in [1.29, 1.82) is 0 Å². The van der Waals surface area contributed by atoms with Gasteiger partial charge in [-0.1, -0.05) is 0 Å². The van der Waals surface area contributed by atoms with Gasteiger partial charge in [-0.05, 0) is 15.9 Å². The van der Waals surface area contributed by atoms with Crippen LogP contribution >= 0.6 is 15.9 Å². The van der Waals surface area contributed by atoms with Crippen molar-refractivity contribution in [2.45, 2.75) is 12.5 Å². The third-order valence-electron chi connectivity index (χ3n) is 1.98. The molecule has 0 aliphatic carbocycles. The van der Waals surface area contributed by atoms with E-state index in [4.69, 9.17) is 10.2 Å². The molecule has 1 atom stereocenters. The summed E-state index contributed by atoms with van der Waals surface area (Å²) in [5.74, 6) is -8.60. The van der Waals surface area contributed by atoms with E-state index in [1.165, 1.54) is 0 Å². The summed E-state index contributed by atoms with van der Waals surface area (Å²) in [6, 6.07) is 0. The molecule has 2 N–H and O–H groups in total. The lowest BCUT2D eigenvalue weighted by atomic mass is 10.1. The molecular formula is C9H5BrF4O3. The minimum absolute atomic E-state index is 1.03. The SMILES string of the molecule is O=C(O)C(O)Cc1c(F)c(F)c(Br)c(F)c1F. The molecule has 3 nitrogen and oxygen atoms in total. The van der Waals surface area contributed by atoms with Crippen molar-refractivity contribution >= 4 is 21.9 Å². The van der Waals surface area contributed by atoms with Crippen LogP contribution in [-0.4, -0.2) is 22.3 Å². The van der Waals surface area contributed by atoms with E-state index in [9.17, 15) is 22.4 Å². The molecule has 0 spiro atoms. The largest absolute Gasteiger partial charge is 0.479 e. The molecule has 0 aliphatic rings. The van der Waals surface area contributed by atoms with Crippen LogP contribution in [0.1, 0.15) is 5.56 Å². The molecule has 1 rings (SSSR count). The van der Waals surface area contributed by atoms with Crippen LogP contribution in [0.3, 0.4) is 0 Å². The van der Waals surface area contributed by atoms with E-state index in [0.717, 1.165) is 0 Å². The van der Waals surface area contributed by atoms with Crippen LogP contribution in [0.4, 0.5) is 17.6 Å². The van der Waals surface area contributed by atoms with E-state index in [2.05, 4.69) is 15.9 Å². The van der Waals surface area contributed by atoms with Crippen LogP contribution in [0.5, 0.6) is 0 Å². The monoisotopic (exact) mass is 316 g/mol. The Morgan fingerprint density at radius 2 is 1.53 bits per heavy atom. The van der Waals surface area contributed by atoms with Crippen molar-refractivity contribution in [2.24, 2.45) is 0 Å². The van der Waals surface area contributed by atoms with E-state index in [1.54, 1.807) is 0 Å². The number of benzene rings is 1. The molecule has 1 aromatic carbocycles. The molecule has 0 bridgehead atoms. The topological polar surface area (TPSA) is 57.5 Å². The average molecular weight is 317 g/mol. The first kappa shape index (κ1) is 13.9. The quantitative estimate of drug-likeness (QED) is 0.509. The van der Waals surface area contributed by atoms with Crippen LogP contribution in [0.25, 0.3) is 0 Å². The molecule has 0 saturated carbocycles. The maximum atomic E-state index is 13.2. The lowest BCUT2D eigenvalue weighted by Crippen LogP contribution is -2.24. The standard InChI is InChI=1S/C9H5BrF4O3/c10-4-7(13)5(11)2(6(12)8(4)14)1-3(15)9(16)17/h3,15H,1H2,(H,16,17). The minimum Gasteiger partial charge on any atom is -0.479 e. The Morgan fingerprint density at radius 3 is 1.88 bits per heavy atom. The number of carbonyl (C=O) groups is 1. The van der Waals surface area contributed by atoms with E-state index < -0.39 is 51.8 Å². The fraction of sp³-hybridized carbons (Fsp3) is 0.222. The molecule has 0 aromatic heterocycles. The molecule has 0 fully saturated rings. The number of aliphatic carboxylic acids is 1. The van der Waals surface area contributed by atoms with E-state index in [-0.39, 0.29) is 0 Å². The Kier molecular flexibility index (Phi) is 4.10. The molecule has 0 aliphatic heterocycles. The van der Waals surface area contributed by atoms with Crippen molar-refractivity contribution < 1.29 is 32.6 Å². The number of rotatable bonds is 3. The third kappa shape index (κ3) is 2.58.